The van der Waals surface area contributed by atoms with E-state index in [1.54, 1.807) is 30.5 Å². The predicted molar refractivity (Wildman–Crippen MR) is 97.5 cm³/mol. The molecule has 0 bridgehead atoms. The highest BCUT2D eigenvalue weighted by molar-refractivity contribution is 9.10. The first-order chi connectivity index (χ1) is 11.9. The van der Waals surface area contributed by atoms with Gasteiger partial charge in [0.1, 0.15) is 5.70 Å². The van der Waals surface area contributed by atoms with E-state index in [-0.39, 0.29) is 11.3 Å². The second kappa shape index (κ2) is 8.22. The van der Waals surface area contributed by atoms with E-state index in [0.717, 1.165) is 0 Å². The van der Waals surface area contributed by atoms with Gasteiger partial charge in [0.05, 0.1) is 36.4 Å². The minimum atomic E-state index is -0.695. The molecule has 1 aromatic rings. The molecule has 0 atom stereocenters. The zero-order chi connectivity index (χ0) is 18.6. The normalized spacial score (nSPS) is 13.6. The van der Waals surface area contributed by atoms with Gasteiger partial charge in [-0.3, -0.25) is 0 Å². The molecule has 132 valence electrons. The van der Waals surface area contributed by atoms with Gasteiger partial charge in [0.25, 0.3) is 0 Å². The van der Waals surface area contributed by atoms with E-state index in [2.05, 4.69) is 15.9 Å². The second-order valence-electron chi connectivity index (χ2n) is 4.76. The maximum absolute atomic E-state index is 12.4. The molecular formula is C17H15BrClNO5. The van der Waals surface area contributed by atoms with Crippen LogP contribution in [0.2, 0.25) is 5.02 Å². The molecule has 0 fully saturated rings. The Labute approximate surface area is 158 Å². The van der Waals surface area contributed by atoms with E-state index >= 15 is 0 Å². The number of benzene rings is 1. The summed E-state index contributed by atoms with van der Waals surface area (Å²) in [5, 5.41) is 0.335. The molecule has 1 aliphatic rings. The topological polar surface area (TPSA) is 65.1 Å². The SMILES string of the molecule is COC(=O)C1=C(C(=O)OC)N(c2cc(Cl)c(OC)c(Br)c2)C=CC=C1. The summed E-state index contributed by atoms with van der Waals surface area (Å²) in [6.45, 7) is 0. The zero-order valence-corrected chi connectivity index (χ0v) is 16.1. The summed E-state index contributed by atoms with van der Waals surface area (Å²) in [7, 11) is 3.97. The van der Waals surface area contributed by atoms with Crippen LogP contribution in [-0.2, 0) is 19.1 Å². The molecule has 0 radical (unpaired) electrons. The molecule has 2 rings (SSSR count). The Balaban J connectivity index is 2.69. The van der Waals surface area contributed by atoms with Crippen molar-refractivity contribution in [2.24, 2.45) is 0 Å². The van der Waals surface area contributed by atoms with E-state index in [4.69, 9.17) is 25.8 Å². The van der Waals surface area contributed by atoms with Crippen molar-refractivity contribution in [2.75, 3.05) is 26.2 Å². The lowest BCUT2D eigenvalue weighted by atomic mass is 10.1. The maximum atomic E-state index is 12.4. The van der Waals surface area contributed by atoms with Gasteiger partial charge in [0, 0.05) is 11.9 Å². The summed E-state index contributed by atoms with van der Waals surface area (Å²) in [6.07, 6.45) is 6.39. The number of halogens is 2. The van der Waals surface area contributed by atoms with Crippen LogP contribution in [-0.4, -0.2) is 33.3 Å². The van der Waals surface area contributed by atoms with Crippen LogP contribution in [0.15, 0.2) is 52.3 Å². The summed E-state index contributed by atoms with van der Waals surface area (Å²) in [4.78, 5) is 26.0. The van der Waals surface area contributed by atoms with Crippen molar-refractivity contribution < 1.29 is 23.8 Å². The molecule has 6 nitrogen and oxygen atoms in total. The highest BCUT2D eigenvalue weighted by atomic mass is 79.9. The number of hydrogen-bond acceptors (Lipinski definition) is 6. The number of esters is 2. The highest BCUT2D eigenvalue weighted by Gasteiger charge is 2.28. The van der Waals surface area contributed by atoms with Crippen LogP contribution in [0.3, 0.4) is 0 Å². The molecule has 0 saturated heterocycles. The van der Waals surface area contributed by atoms with Gasteiger partial charge in [-0.15, -0.1) is 0 Å². The fourth-order valence-corrected chi connectivity index (χ4v) is 3.26. The van der Waals surface area contributed by atoms with Gasteiger partial charge in [-0.2, -0.15) is 0 Å². The molecule has 8 heteroatoms. The van der Waals surface area contributed by atoms with Crippen molar-refractivity contribution in [3.05, 3.63) is 57.3 Å². The molecule has 0 amide bonds. The standard InChI is InChI=1S/C17H15BrClNO5/c1-23-15-12(18)8-10(9-13(15)19)20-7-5-4-6-11(16(21)24-2)14(20)17(22)25-3/h4-9H,1-3H3. The smallest absolute Gasteiger partial charge is 0.355 e. The van der Waals surface area contributed by atoms with Crippen LogP contribution < -0.4 is 9.64 Å². The van der Waals surface area contributed by atoms with Crippen molar-refractivity contribution in [1.82, 2.24) is 0 Å². The Hall–Kier alpha value is -2.25. The predicted octanol–water partition coefficient (Wildman–Crippen LogP) is 3.60. The van der Waals surface area contributed by atoms with Crippen molar-refractivity contribution in [3.63, 3.8) is 0 Å². The molecule has 1 heterocycles. The van der Waals surface area contributed by atoms with Crippen LogP contribution >= 0.6 is 27.5 Å². The van der Waals surface area contributed by atoms with E-state index in [0.29, 0.717) is 20.9 Å². The largest absolute Gasteiger partial charge is 0.494 e. The third kappa shape index (κ3) is 3.88. The van der Waals surface area contributed by atoms with Gasteiger partial charge in [0.15, 0.2) is 5.75 Å². The summed E-state index contributed by atoms with van der Waals surface area (Å²) in [6, 6.07) is 3.32. The molecule has 0 aromatic heterocycles. The van der Waals surface area contributed by atoms with Crippen molar-refractivity contribution >= 4 is 45.2 Å². The Morgan fingerprint density at radius 2 is 1.76 bits per heavy atom. The Morgan fingerprint density at radius 3 is 2.32 bits per heavy atom. The van der Waals surface area contributed by atoms with Gasteiger partial charge in [-0.1, -0.05) is 17.7 Å². The number of nitrogens with zero attached hydrogens (tertiary/aromatic N) is 1. The van der Waals surface area contributed by atoms with Gasteiger partial charge < -0.3 is 19.1 Å². The average Bonchev–Trinajstić information content (AvgIpc) is 2.82. The lowest BCUT2D eigenvalue weighted by Crippen LogP contribution is -2.27. The number of allylic oxidation sites excluding steroid dienone is 2. The summed E-state index contributed by atoms with van der Waals surface area (Å²) in [5.41, 5.74) is 0.592. The fraction of sp³-hybridized carbons (Fsp3) is 0.176. The zero-order valence-electron chi connectivity index (χ0n) is 13.7. The van der Waals surface area contributed by atoms with Crippen molar-refractivity contribution in [2.45, 2.75) is 0 Å². The van der Waals surface area contributed by atoms with Gasteiger partial charge >= 0.3 is 11.9 Å². The first-order valence-electron chi connectivity index (χ1n) is 7.02. The average molecular weight is 429 g/mol. The summed E-state index contributed by atoms with van der Waals surface area (Å²) < 4.78 is 15.4. The monoisotopic (exact) mass is 427 g/mol. The molecule has 0 saturated carbocycles. The molecular weight excluding hydrogens is 414 g/mol. The third-order valence-corrected chi connectivity index (χ3v) is 4.22. The van der Waals surface area contributed by atoms with Gasteiger partial charge in [0.2, 0.25) is 0 Å². The van der Waals surface area contributed by atoms with Gasteiger partial charge in [-0.25, -0.2) is 9.59 Å². The first-order valence-corrected chi connectivity index (χ1v) is 8.19. The fourth-order valence-electron chi connectivity index (χ4n) is 2.25. The van der Waals surface area contributed by atoms with Crippen LogP contribution in [0.5, 0.6) is 5.75 Å². The maximum Gasteiger partial charge on any atom is 0.355 e. The highest BCUT2D eigenvalue weighted by Crippen LogP contribution is 2.39. The lowest BCUT2D eigenvalue weighted by molar-refractivity contribution is -0.139. The Kier molecular flexibility index (Phi) is 6.27. The van der Waals surface area contributed by atoms with Crippen molar-refractivity contribution in [1.29, 1.82) is 0 Å². The molecule has 0 unspecified atom stereocenters. The summed E-state index contributed by atoms with van der Waals surface area (Å²) in [5.74, 6) is -0.900. The minimum absolute atomic E-state index is 0.00693. The van der Waals surface area contributed by atoms with Crippen LogP contribution in [0.4, 0.5) is 5.69 Å². The minimum Gasteiger partial charge on any atom is -0.494 e. The molecule has 1 aliphatic heterocycles. The van der Waals surface area contributed by atoms with Crippen LogP contribution in [0, 0.1) is 0 Å². The van der Waals surface area contributed by atoms with E-state index in [9.17, 15) is 9.59 Å². The quantitative estimate of drug-likeness (QED) is 0.683. The second-order valence-corrected chi connectivity index (χ2v) is 6.02. The number of ether oxygens (including phenoxy) is 3. The van der Waals surface area contributed by atoms with Crippen molar-refractivity contribution in [3.8, 4) is 5.75 Å². The molecule has 0 N–H and O–H groups in total. The molecule has 0 aliphatic carbocycles. The number of methoxy groups -OCH3 is 3. The Bertz CT molecular complexity index is 777. The number of rotatable bonds is 4. The molecule has 0 spiro atoms. The lowest BCUT2D eigenvalue weighted by Gasteiger charge is -2.24. The number of anilines is 1. The first kappa shape index (κ1) is 19.1. The van der Waals surface area contributed by atoms with E-state index in [1.165, 1.54) is 32.3 Å². The van der Waals surface area contributed by atoms with E-state index < -0.39 is 11.9 Å². The Morgan fingerprint density at radius 1 is 1.08 bits per heavy atom. The molecule has 25 heavy (non-hydrogen) atoms. The third-order valence-electron chi connectivity index (χ3n) is 3.35. The van der Waals surface area contributed by atoms with Crippen LogP contribution in [0.1, 0.15) is 0 Å². The summed E-state index contributed by atoms with van der Waals surface area (Å²) >= 11 is 9.61. The van der Waals surface area contributed by atoms with E-state index in [1.807, 2.05) is 0 Å². The molecule has 1 aromatic carbocycles. The number of carbonyl (C=O) groups excluding carboxylic acids is 2. The number of carbonyl (C=O) groups is 2. The number of hydrogen-bond donors (Lipinski definition) is 0. The van der Waals surface area contributed by atoms with Crippen LogP contribution in [0.25, 0.3) is 0 Å². The van der Waals surface area contributed by atoms with Gasteiger partial charge in [-0.05, 0) is 40.2 Å².